The highest BCUT2D eigenvalue weighted by molar-refractivity contribution is 5.75. The Labute approximate surface area is 127 Å². The van der Waals surface area contributed by atoms with E-state index in [0.717, 1.165) is 24.2 Å². The summed E-state index contributed by atoms with van der Waals surface area (Å²) in [5.74, 6) is 0. The number of nitrogens with one attached hydrogen (secondary N) is 1. The number of hydrogen-bond donors (Lipinski definition) is 1. The van der Waals surface area contributed by atoms with Crippen molar-refractivity contribution in [1.29, 1.82) is 5.26 Å². The predicted octanol–water partition coefficient (Wildman–Crippen LogP) is 3.04. The summed E-state index contributed by atoms with van der Waals surface area (Å²) < 4.78 is 0. The minimum Gasteiger partial charge on any atom is -0.341 e. The molecule has 2 aromatic carbocycles. The third kappa shape index (κ3) is 1.93. The third-order valence-corrected chi connectivity index (χ3v) is 3.98. The number of para-hydroxylation sites is 1. The van der Waals surface area contributed by atoms with Gasteiger partial charge in [-0.1, -0.05) is 35.5 Å². The molecule has 0 saturated heterocycles. The number of aromatic amines is 1. The summed E-state index contributed by atoms with van der Waals surface area (Å²) in [7, 11) is 0. The molecule has 0 saturated carbocycles. The van der Waals surface area contributed by atoms with Crippen molar-refractivity contribution in [3.05, 3.63) is 59.8 Å². The average molecular weight is 287 g/mol. The number of hydrogen-bond acceptors (Lipinski definition) is 4. The highest BCUT2D eigenvalue weighted by Crippen LogP contribution is 2.35. The zero-order valence-corrected chi connectivity index (χ0v) is 11.8. The molecule has 4 rings (SSSR count). The molecule has 22 heavy (non-hydrogen) atoms. The summed E-state index contributed by atoms with van der Waals surface area (Å²) >= 11 is 0. The first kappa shape index (κ1) is 12.6. The van der Waals surface area contributed by atoms with Gasteiger partial charge in [0, 0.05) is 23.5 Å². The van der Waals surface area contributed by atoms with Crippen LogP contribution in [0.25, 0.3) is 11.3 Å². The van der Waals surface area contributed by atoms with Crippen LogP contribution in [0.15, 0.2) is 48.5 Å². The second kappa shape index (κ2) is 5.01. The van der Waals surface area contributed by atoms with Gasteiger partial charge in [-0.2, -0.15) is 5.26 Å². The molecule has 106 valence electrons. The summed E-state index contributed by atoms with van der Waals surface area (Å²) in [4.78, 5) is 2.30. The monoisotopic (exact) mass is 287 g/mol. The van der Waals surface area contributed by atoms with Crippen molar-refractivity contribution in [2.24, 2.45) is 0 Å². The van der Waals surface area contributed by atoms with Crippen LogP contribution in [-0.2, 0) is 6.42 Å². The average Bonchev–Trinajstić information content (AvgIpc) is 3.21. The number of nitriles is 1. The first-order valence-corrected chi connectivity index (χ1v) is 7.14. The van der Waals surface area contributed by atoms with E-state index < -0.39 is 0 Å². The minimum absolute atomic E-state index is 0.388. The zero-order valence-electron chi connectivity index (χ0n) is 11.8. The molecule has 1 N–H and O–H groups in total. The van der Waals surface area contributed by atoms with Crippen molar-refractivity contribution < 1.29 is 0 Å². The Morgan fingerprint density at radius 1 is 1.14 bits per heavy atom. The molecule has 0 bridgehead atoms. The molecule has 1 aliphatic heterocycles. The first-order chi connectivity index (χ1) is 10.9. The molecule has 0 atom stereocenters. The molecule has 0 spiro atoms. The van der Waals surface area contributed by atoms with E-state index in [1.165, 1.54) is 11.3 Å². The van der Waals surface area contributed by atoms with Gasteiger partial charge in [-0.25, -0.2) is 5.10 Å². The largest absolute Gasteiger partial charge is 0.341 e. The van der Waals surface area contributed by atoms with E-state index in [-0.39, 0.29) is 0 Å². The van der Waals surface area contributed by atoms with E-state index in [9.17, 15) is 0 Å². The van der Waals surface area contributed by atoms with Crippen LogP contribution in [-0.4, -0.2) is 22.0 Å². The Morgan fingerprint density at radius 3 is 2.95 bits per heavy atom. The highest BCUT2D eigenvalue weighted by Gasteiger charge is 2.20. The molecule has 5 nitrogen and oxygen atoms in total. The number of fused-ring (bicyclic) bond motifs is 1. The van der Waals surface area contributed by atoms with Crippen molar-refractivity contribution in [2.75, 3.05) is 11.4 Å². The molecular formula is C17H13N5. The van der Waals surface area contributed by atoms with Crippen LogP contribution < -0.4 is 4.90 Å². The lowest BCUT2D eigenvalue weighted by Gasteiger charge is -2.20. The van der Waals surface area contributed by atoms with Crippen LogP contribution in [0.5, 0.6) is 0 Å². The van der Waals surface area contributed by atoms with Gasteiger partial charge in [0.05, 0.1) is 0 Å². The molecular weight excluding hydrogens is 274 g/mol. The molecule has 5 heteroatoms. The molecule has 1 aliphatic rings. The fourth-order valence-electron chi connectivity index (χ4n) is 2.94. The quantitative estimate of drug-likeness (QED) is 0.786. The molecule has 3 aromatic rings. The van der Waals surface area contributed by atoms with E-state index in [1.54, 1.807) is 0 Å². The number of benzene rings is 2. The normalized spacial score (nSPS) is 13.0. The number of H-pyrrole nitrogens is 1. The Morgan fingerprint density at radius 2 is 2.05 bits per heavy atom. The third-order valence-electron chi connectivity index (χ3n) is 3.98. The maximum Gasteiger partial charge on any atom is 0.163 e. The first-order valence-electron chi connectivity index (χ1n) is 7.14. The lowest BCUT2D eigenvalue weighted by atomic mass is 10.1. The van der Waals surface area contributed by atoms with E-state index in [2.05, 4.69) is 62.8 Å². The van der Waals surface area contributed by atoms with Crippen molar-refractivity contribution in [1.82, 2.24) is 15.4 Å². The fraction of sp³-hybridized carbons (Fsp3) is 0.118. The number of rotatable bonds is 2. The maximum atomic E-state index is 9.11. The standard InChI is InChI=1S/C17H13N5/c18-11-15-17(20-21-19-15)13-5-3-6-14(10-13)22-9-8-12-4-1-2-7-16(12)22/h1-7,10H,8-9H2,(H,19,20,21). The number of nitrogens with zero attached hydrogens (tertiary/aromatic N) is 4. The van der Waals surface area contributed by atoms with Gasteiger partial charge in [0.25, 0.3) is 0 Å². The summed E-state index contributed by atoms with van der Waals surface area (Å²) in [6, 6.07) is 18.6. The second-order valence-electron chi connectivity index (χ2n) is 5.23. The van der Waals surface area contributed by atoms with Crippen LogP contribution in [0.4, 0.5) is 11.4 Å². The number of anilines is 2. The topological polar surface area (TPSA) is 68.6 Å². The van der Waals surface area contributed by atoms with Crippen LogP contribution in [0.1, 0.15) is 11.3 Å². The van der Waals surface area contributed by atoms with Gasteiger partial charge in [0.15, 0.2) is 5.69 Å². The van der Waals surface area contributed by atoms with E-state index in [4.69, 9.17) is 5.26 Å². The molecule has 0 aliphatic carbocycles. The van der Waals surface area contributed by atoms with E-state index in [1.807, 2.05) is 12.1 Å². The van der Waals surface area contributed by atoms with Gasteiger partial charge in [-0.3, -0.25) is 0 Å². The smallest absolute Gasteiger partial charge is 0.163 e. The lowest BCUT2D eigenvalue weighted by molar-refractivity contribution is 0.937. The van der Waals surface area contributed by atoms with Crippen LogP contribution in [0, 0.1) is 11.3 Å². The van der Waals surface area contributed by atoms with Crippen LogP contribution in [0.2, 0.25) is 0 Å². The molecule has 0 radical (unpaired) electrons. The van der Waals surface area contributed by atoms with Crippen molar-refractivity contribution in [3.63, 3.8) is 0 Å². The molecule has 0 amide bonds. The molecule has 0 fully saturated rings. The van der Waals surface area contributed by atoms with Gasteiger partial charge in [0.1, 0.15) is 11.8 Å². The Balaban J connectivity index is 1.77. The zero-order chi connectivity index (χ0) is 14.9. The lowest BCUT2D eigenvalue weighted by Crippen LogP contribution is -2.13. The summed E-state index contributed by atoms with van der Waals surface area (Å²) in [5.41, 5.74) is 5.60. The number of aromatic nitrogens is 3. The van der Waals surface area contributed by atoms with Crippen LogP contribution >= 0.6 is 0 Å². The minimum atomic E-state index is 0.388. The van der Waals surface area contributed by atoms with Gasteiger partial charge < -0.3 is 4.90 Å². The van der Waals surface area contributed by atoms with Gasteiger partial charge >= 0.3 is 0 Å². The second-order valence-corrected chi connectivity index (χ2v) is 5.23. The Kier molecular flexibility index (Phi) is 2.87. The van der Waals surface area contributed by atoms with E-state index >= 15 is 0 Å². The summed E-state index contributed by atoms with van der Waals surface area (Å²) in [5, 5.41) is 19.5. The van der Waals surface area contributed by atoms with Gasteiger partial charge in [-0.15, -0.1) is 5.10 Å². The van der Waals surface area contributed by atoms with Crippen molar-refractivity contribution >= 4 is 11.4 Å². The van der Waals surface area contributed by atoms with E-state index in [0.29, 0.717) is 11.4 Å². The molecule has 0 unspecified atom stereocenters. The highest BCUT2D eigenvalue weighted by atomic mass is 15.3. The fourth-order valence-corrected chi connectivity index (χ4v) is 2.94. The Bertz CT molecular complexity index is 875. The van der Waals surface area contributed by atoms with Gasteiger partial charge in [-0.05, 0) is 30.2 Å². The SMILES string of the molecule is N#Cc1[nH]nnc1-c1cccc(N2CCc3ccccc32)c1. The molecule has 1 aromatic heterocycles. The summed E-state index contributed by atoms with van der Waals surface area (Å²) in [6.07, 6.45) is 1.05. The van der Waals surface area contributed by atoms with Crippen molar-refractivity contribution in [2.45, 2.75) is 6.42 Å². The maximum absolute atomic E-state index is 9.11. The van der Waals surface area contributed by atoms with Gasteiger partial charge in [0.2, 0.25) is 0 Å². The molecule has 2 heterocycles. The predicted molar refractivity (Wildman–Crippen MR) is 83.7 cm³/mol. The summed E-state index contributed by atoms with van der Waals surface area (Å²) in [6.45, 7) is 0.965. The van der Waals surface area contributed by atoms with Crippen LogP contribution in [0.3, 0.4) is 0 Å². The van der Waals surface area contributed by atoms with Crippen molar-refractivity contribution in [3.8, 4) is 17.3 Å². The Hall–Kier alpha value is -3.13.